The van der Waals surface area contributed by atoms with Crippen molar-refractivity contribution in [2.45, 2.75) is 19.8 Å². The van der Waals surface area contributed by atoms with Gasteiger partial charge < -0.3 is 25.0 Å². The number of benzene rings is 2. The molecule has 0 unspecified atom stereocenters. The van der Waals surface area contributed by atoms with E-state index in [0.29, 0.717) is 30.8 Å². The molecule has 0 aromatic heterocycles. The van der Waals surface area contributed by atoms with E-state index in [2.05, 4.69) is 35.3 Å². The number of rotatable bonds is 5. The maximum atomic E-state index is 13.3. The zero-order valence-corrected chi connectivity index (χ0v) is 18.7. The van der Waals surface area contributed by atoms with Crippen LogP contribution in [0, 0.1) is 18.8 Å². The van der Waals surface area contributed by atoms with Crippen molar-refractivity contribution < 1.29 is 19.5 Å². The Bertz CT molecular complexity index is 1070. The number of nitrogens with one attached hydrogen (secondary N) is 1. The number of carboxylic acid groups (broad SMARTS) is 1. The Hall–Kier alpha value is -3.61. The molecule has 0 spiro atoms. The van der Waals surface area contributed by atoms with Crippen molar-refractivity contribution in [3.8, 4) is 0 Å². The van der Waals surface area contributed by atoms with Gasteiger partial charge in [-0.2, -0.15) is 0 Å². The van der Waals surface area contributed by atoms with Crippen molar-refractivity contribution in [1.29, 1.82) is 0 Å². The standard InChI is InChI=1S/C26H29N3O4/c1-18-7-6-8-19(17-18)28-13-15-29(16-14-28)25(31)22-11-4-5-12-23(22)27-24(30)20-9-2-3-10-21(20)26(32)33/h2-8,11-12,17,20-21H,9-10,13-16H2,1H3,(H,27,30)(H,32,33)/p-1/t20-,21-/m0/s1. The first kappa shape index (κ1) is 22.6. The number of amides is 2. The normalized spacial score (nSPS) is 20.4. The fraction of sp³-hybridized carbons (Fsp3) is 0.346. The number of nitrogens with zero attached hydrogens (tertiary/aromatic N) is 2. The van der Waals surface area contributed by atoms with Crippen LogP contribution in [0.4, 0.5) is 11.4 Å². The molecule has 1 saturated heterocycles. The molecule has 4 rings (SSSR count). The fourth-order valence-corrected chi connectivity index (χ4v) is 4.53. The minimum atomic E-state index is -1.23. The van der Waals surface area contributed by atoms with Gasteiger partial charge >= 0.3 is 0 Å². The van der Waals surface area contributed by atoms with Gasteiger partial charge in [-0.25, -0.2) is 0 Å². The molecule has 1 N–H and O–H groups in total. The number of aryl methyl sites for hydroxylation is 1. The summed E-state index contributed by atoms with van der Waals surface area (Å²) in [5, 5.41) is 14.3. The third kappa shape index (κ3) is 5.08. The Morgan fingerprint density at radius 1 is 0.909 bits per heavy atom. The predicted octanol–water partition coefficient (Wildman–Crippen LogP) is 2.23. The molecule has 2 aromatic rings. The van der Waals surface area contributed by atoms with Crippen molar-refractivity contribution in [3.63, 3.8) is 0 Å². The molecular formula is C26H28N3O4-. The molecule has 0 radical (unpaired) electrons. The minimum Gasteiger partial charge on any atom is -0.550 e. The summed E-state index contributed by atoms with van der Waals surface area (Å²) in [6.45, 7) is 4.68. The second-order valence-electron chi connectivity index (χ2n) is 8.63. The molecule has 1 aliphatic heterocycles. The molecule has 7 heteroatoms. The quantitative estimate of drug-likeness (QED) is 0.711. The summed E-state index contributed by atoms with van der Waals surface area (Å²) in [5.41, 5.74) is 3.16. The highest BCUT2D eigenvalue weighted by atomic mass is 16.4. The van der Waals surface area contributed by atoms with Crippen LogP contribution in [-0.4, -0.2) is 48.9 Å². The number of anilines is 2. The topological polar surface area (TPSA) is 92.8 Å². The summed E-state index contributed by atoms with van der Waals surface area (Å²) in [7, 11) is 0. The Kier molecular flexibility index (Phi) is 6.77. The molecule has 1 fully saturated rings. The molecule has 2 aromatic carbocycles. The number of carbonyl (C=O) groups excluding carboxylic acids is 3. The summed E-state index contributed by atoms with van der Waals surface area (Å²) in [5.74, 6) is -3.36. The van der Waals surface area contributed by atoms with Gasteiger partial charge in [-0.05, 0) is 49.6 Å². The molecule has 2 atom stereocenters. The van der Waals surface area contributed by atoms with Crippen molar-refractivity contribution in [2.75, 3.05) is 36.4 Å². The lowest BCUT2D eigenvalue weighted by Crippen LogP contribution is -2.49. The summed E-state index contributed by atoms with van der Waals surface area (Å²) >= 11 is 0. The van der Waals surface area contributed by atoms with Gasteiger partial charge in [0.2, 0.25) is 5.91 Å². The SMILES string of the molecule is Cc1cccc(N2CCN(C(=O)c3ccccc3NC(=O)[C@H]3CC=CC[C@@H]3C(=O)[O-])CC2)c1. The van der Waals surface area contributed by atoms with Gasteiger partial charge in [0, 0.05) is 43.8 Å². The van der Waals surface area contributed by atoms with E-state index in [-0.39, 0.29) is 12.3 Å². The van der Waals surface area contributed by atoms with Crippen molar-refractivity contribution in [3.05, 3.63) is 71.8 Å². The Balaban J connectivity index is 1.44. The van der Waals surface area contributed by atoms with E-state index >= 15 is 0 Å². The number of carbonyl (C=O) groups is 3. The summed E-state index contributed by atoms with van der Waals surface area (Å²) in [6.07, 6.45) is 4.18. The lowest BCUT2D eigenvalue weighted by atomic mass is 9.82. The van der Waals surface area contributed by atoms with Crippen LogP contribution in [-0.2, 0) is 9.59 Å². The molecule has 0 bridgehead atoms. The molecule has 1 aliphatic carbocycles. The molecule has 2 aliphatic rings. The van der Waals surface area contributed by atoms with E-state index in [1.165, 1.54) is 5.56 Å². The van der Waals surface area contributed by atoms with E-state index in [1.807, 2.05) is 12.1 Å². The van der Waals surface area contributed by atoms with Crippen LogP contribution in [0.1, 0.15) is 28.8 Å². The molecule has 1 heterocycles. The van der Waals surface area contributed by atoms with E-state index in [9.17, 15) is 19.5 Å². The third-order valence-electron chi connectivity index (χ3n) is 6.42. The summed E-state index contributed by atoms with van der Waals surface area (Å²) in [4.78, 5) is 41.7. The first-order valence-corrected chi connectivity index (χ1v) is 11.3. The van der Waals surface area contributed by atoms with Gasteiger partial charge in [0.05, 0.1) is 17.2 Å². The number of piperazine rings is 1. The average molecular weight is 447 g/mol. The fourth-order valence-electron chi connectivity index (χ4n) is 4.53. The second kappa shape index (κ2) is 9.90. The van der Waals surface area contributed by atoms with Gasteiger partial charge in [0.1, 0.15) is 0 Å². The van der Waals surface area contributed by atoms with Crippen LogP contribution in [0.2, 0.25) is 0 Å². The highest BCUT2D eigenvalue weighted by Crippen LogP contribution is 2.28. The molecular weight excluding hydrogens is 418 g/mol. The molecule has 33 heavy (non-hydrogen) atoms. The maximum absolute atomic E-state index is 13.3. The number of aliphatic carboxylic acids is 1. The van der Waals surface area contributed by atoms with E-state index < -0.39 is 23.7 Å². The summed E-state index contributed by atoms with van der Waals surface area (Å²) < 4.78 is 0. The third-order valence-corrected chi connectivity index (χ3v) is 6.42. The van der Waals surface area contributed by atoms with E-state index in [1.54, 1.807) is 35.2 Å². The van der Waals surface area contributed by atoms with Crippen LogP contribution < -0.4 is 15.3 Å². The lowest BCUT2D eigenvalue weighted by Gasteiger charge is -2.36. The van der Waals surface area contributed by atoms with Gasteiger partial charge in [-0.15, -0.1) is 0 Å². The number of hydrogen-bond donors (Lipinski definition) is 1. The smallest absolute Gasteiger partial charge is 0.256 e. The van der Waals surface area contributed by atoms with Gasteiger partial charge in [-0.1, -0.05) is 36.4 Å². The number of carboxylic acids is 1. The van der Waals surface area contributed by atoms with Crippen LogP contribution in [0.15, 0.2) is 60.7 Å². The van der Waals surface area contributed by atoms with E-state index in [0.717, 1.165) is 18.8 Å². The Labute approximate surface area is 193 Å². The number of allylic oxidation sites excluding steroid dienone is 2. The molecule has 2 amide bonds. The summed E-state index contributed by atoms with van der Waals surface area (Å²) in [6, 6.07) is 15.2. The van der Waals surface area contributed by atoms with Crippen LogP contribution in [0.3, 0.4) is 0 Å². The van der Waals surface area contributed by atoms with Crippen molar-refractivity contribution >= 4 is 29.2 Å². The minimum absolute atomic E-state index is 0.144. The maximum Gasteiger partial charge on any atom is 0.256 e. The van der Waals surface area contributed by atoms with Crippen LogP contribution >= 0.6 is 0 Å². The van der Waals surface area contributed by atoms with Gasteiger partial charge in [-0.3, -0.25) is 9.59 Å². The second-order valence-corrected chi connectivity index (χ2v) is 8.63. The molecule has 0 saturated carbocycles. The zero-order chi connectivity index (χ0) is 23.4. The predicted molar refractivity (Wildman–Crippen MR) is 125 cm³/mol. The molecule has 7 nitrogen and oxygen atoms in total. The van der Waals surface area contributed by atoms with Crippen molar-refractivity contribution in [1.82, 2.24) is 4.90 Å². The lowest BCUT2D eigenvalue weighted by molar-refractivity contribution is -0.313. The average Bonchev–Trinajstić information content (AvgIpc) is 2.84. The monoisotopic (exact) mass is 446 g/mol. The van der Waals surface area contributed by atoms with Gasteiger partial charge in [0.15, 0.2) is 0 Å². The van der Waals surface area contributed by atoms with Crippen LogP contribution in [0.5, 0.6) is 0 Å². The number of hydrogen-bond acceptors (Lipinski definition) is 5. The largest absolute Gasteiger partial charge is 0.550 e. The number of para-hydroxylation sites is 1. The highest BCUT2D eigenvalue weighted by molar-refractivity contribution is 6.04. The van der Waals surface area contributed by atoms with E-state index in [4.69, 9.17) is 0 Å². The Morgan fingerprint density at radius 2 is 1.61 bits per heavy atom. The zero-order valence-electron chi connectivity index (χ0n) is 18.7. The Morgan fingerprint density at radius 3 is 2.30 bits per heavy atom. The molecule has 172 valence electrons. The highest BCUT2D eigenvalue weighted by Gasteiger charge is 2.31. The van der Waals surface area contributed by atoms with Crippen molar-refractivity contribution in [2.24, 2.45) is 11.8 Å². The first-order chi connectivity index (χ1) is 15.9. The first-order valence-electron chi connectivity index (χ1n) is 11.3. The van der Waals surface area contributed by atoms with Crippen LogP contribution in [0.25, 0.3) is 0 Å². The van der Waals surface area contributed by atoms with Gasteiger partial charge in [0.25, 0.3) is 5.91 Å².